The van der Waals surface area contributed by atoms with E-state index in [-0.39, 0.29) is 0 Å². The zero-order valence-corrected chi connectivity index (χ0v) is 13.6. The molecule has 2 rings (SSSR count). The van der Waals surface area contributed by atoms with Crippen LogP contribution in [0.3, 0.4) is 0 Å². The highest BCUT2D eigenvalue weighted by Crippen LogP contribution is 2.34. The fourth-order valence-corrected chi connectivity index (χ4v) is 3.01. The Labute approximate surface area is 132 Å². The van der Waals surface area contributed by atoms with Crippen molar-refractivity contribution < 1.29 is 4.74 Å². The molecular weight excluding hydrogens is 380 g/mol. The summed E-state index contributed by atoms with van der Waals surface area (Å²) in [6, 6.07) is 3.37. The maximum Gasteiger partial charge on any atom is 0.140 e. The van der Waals surface area contributed by atoms with Crippen LogP contribution in [0, 0.1) is 0 Å². The third kappa shape index (κ3) is 3.52. The van der Waals surface area contributed by atoms with Crippen LogP contribution in [0.2, 0.25) is 10.0 Å². The summed E-state index contributed by atoms with van der Waals surface area (Å²) in [5.74, 6) is 0.939. The average molecular weight is 388 g/mol. The molecule has 0 N–H and O–H groups in total. The van der Waals surface area contributed by atoms with Gasteiger partial charge in [0, 0.05) is 15.9 Å². The molecule has 0 radical (unpaired) electrons. The van der Waals surface area contributed by atoms with Crippen LogP contribution < -0.4 is 4.74 Å². The number of hydrogen-bond acceptors (Lipinski definition) is 3. The first-order valence-corrected chi connectivity index (χ1v) is 7.83. The highest BCUT2D eigenvalue weighted by molar-refractivity contribution is 9.10. The first-order chi connectivity index (χ1) is 8.60. The van der Waals surface area contributed by atoms with Gasteiger partial charge in [0.25, 0.3) is 0 Å². The number of alkyl halides is 1. The number of rotatable bonds is 4. The molecule has 0 bridgehead atoms. The van der Waals surface area contributed by atoms with Gasteiger partial charge in [0.1, 0.15) is 17.4 Å². The van der Waals surface area contributed by atoms with Crippen molar-refractivity contribution in [3.05, 3.63) is 42.7 Å². The topological polar surface area (TPSA) is 22.1 Å². The molecule has 1 heterocycles. The van der Waals surface area contributed by atoms with Crippen molar-refractivity contribution in [3.8, 4) is 5.75 Å². The minimum atomic E-state index is 0.346. The van der Waals surface area contributed by atoms with E-state index in [4.69, 9.17) is 39.5 Å². The lowest BCUT2D eigenvalue weighted by Gasteiger charge is -2.07. The number of nitrogens with zero attached hydrogens (tertiary/aromatic N) is 1. The quantitative estimate of drug-likeness (QED) is 0.508. The van der Waals surface area contributed by atoms with Gasteiger partial charge in [-0.3, -0.25) is 0 Å². The Morgan fingerprint density at radius 2 is 2.06 bits per heavy atom. The van der Waals surface area contributed by atoms with Crippen LogP contribution in [0.1, 0.15) is 10.7 Å². The van der Waals surface area contributed by atoms with E-state index in [9.17, 15) is 0 Å². The molecule has 1 aromatic heterocycles. The summed E-state index contributed by atoms with van der Waals surface area (Å²) in [7, 11) is 0. The Balaban J connectivity index is 2.08. The molecule has 0 saturated carbocycles. The van der Waals surface area contributed by atoms with Crippen LogP contribution in [0.25, 0.3) is 0 Å². The van der Waals surface area contributed by atoms with Crippen molar-refractivity contribution in [2.45, 2.75) is 12.5 Å². The Bertz CT molecular complexity index is 561. The lowest BCUT2D eigenvalue weighted by molar-refractivity contribution is 0.305. The molecule has 0 unspecified atom stereocenters. The molecule has 96 valence electrons. The van der Waals surface area contributed by atoms with Crippen LogP contribution in [0.15, 0.2) is 22.0 Å². The standard InChI is InChI=1S/C11H7BrCl3NOS/c12-7-1-9(15)10(2-8(7)14)17-4-11-16-6(3-13)5-18-11/h1-2,5H,3-4H2. The zero-order valence-electron chi connectivity index (χ0n) is 8.92. The smallest absolute Gasteiger partial charge is 0.140 e. The molecule has 0 fully saturated rings. The molecule has 0 atom stereocenters. The van der Waals surface area contributed by atoms with Crippen molar-refractivity contribution in [1.82, 2.24) is 4.98 Å². The number of aromatic nitrogens is 1. The minimum absolute atomic E-state index is 0.346. The van der Waals surface area contributed by atoms with Crippen molar-refractivity contribution in [2.24, 2.45) is 0 Å². The molecular formula is C11H7BrCl3NOS. The Hall–Kier alpha value is -0.000000000000000167. The normalized spacial score (nSPS) is 10.7. The number of hydrogen-bond donors (Lipinski definition) is 0. The van der Waals surface area contributed by atoms with Gasteiger partial charge in [-0.25, -0.2) is 4.98 Å². The van der Waals surface area contributed by atoms with Crippen molar-refractivity contribution in [2.75, 3.05) is 0 Å². The summed E-state index contributed by atoms with van der Waals surface area (Å²) in [6.45, 7) is 0.346. The van der Waals surface area contributed by atoms with Crippen molar-refractivity contribution >= 4 is 62.1 Å². The van der Waals surface area contributed by atoms with Crippen LogP contribution in [0.5, 0.6) is 5.75 Å². The van der Waals surface area contributed by atoms with E-state index >= 15 is 0 Å². The van der Waals surface area contributed by atoms with Crippen molar-refractivity contribution in [1.29, 1.82) is 0 Å². The van der Waals surface area contributed by atoms with E-state index in [1.807, 2.05) is 5.38 Å². The summed E-state index contributed by atoms with van der Waals surface area (Å²) >= 11 is 22.5. The van der Waals surface area contributed by atoms with Gasteiger partial charge in [-0.1, -0.05) is 23.2 Å². The van der Waals surface area contributed by atoms with E-state index in [2.05, 4.69) is 20.9 Å². The summed E-state index contributed by atoms with van der Waals surface area (Å²) in [6.07, 6.45) is 0. The second kappa shape index (κ2) is 6.44. The molecule has 0 aliphatic rings. The van der Waals surface area contributed by atoms with Crippen LogP contribution in [-0.4, -0.2) is 4.98 Å². The third-order valence-corrected chi connectivity index (χ3v) is 4.70. The van der Waals surface area contributed by atoms with Gasteiger partial charge in [0.05, 0.1) is 21.6 Å². The predicted octanol–water partition coefficient (Wildman–Crippen LogP) is 5.53. The van der Waals surface area contributed by atoms with Gasteiger partial charge < -0.3 is 4.74 Å². The van der Waals surface area contributed by atoms with Gasteiger partial charge in [-0.2, -0.15) is 0 Å². The maximum atomic E-state index is 6.05. The molecule has 7 heteroatoms. The monoisotopic (exact) mass is 385 g/mol. The van der Waals surface area contributed by atoms with Gasteiger partial charge >= 0.3 is 0 Å². The second-order valence-corrected chi connectivity index (χ2v) is 6.23. The summed E-state index contributed by atoms with van der Waals surface area (Å²) in [5.41, 5.74) is 0.847. The fraction of sp³-hybridized carbons (Fsp3) is 0.182. The second-order valence-electron chi connectivity index (χ2n) is 3.35. The number of thiazole rings is 1. The van der Waals surface area contributed by atoms with E-state index in [1.165, 1.54) is 11.3 Å². The summed E-state index contributed by atoms with van der Waals surface area (Å²) in [5, 5.41) is 3.80. The van der Waals surface area contributed by atoms with Gasteiger partial charge in [-0.15, -0.1) is 22.9 Å². The highest BCUT2D eigenvalue weighted by atomic mass is 79.9. The summed E-state index contributed by atoms with van der Waals surface area (Å²) in [4.78, 5) is 4.29. The third-order valence-electron chi connectivity index (χ3n) is 2.06. The SMILES string of the molecule is ClCc1csc(COc2cc(Cl)c(Br)cc2Cl)n1. The molecule has 0 amide bonds. The van der Waals surface area contributed by atoms with Gasteiger partial charge in [0.2, 0.25) is 0 Å². The maximum absolute atomic E-state index is 6.05. The van der Waals surface area contributed by atoms with E-state index < -0.39 is 0 Å². The Morgan fingerprint density at radius 1 is 1.28 bits per heavy atom. The predicted molar refractivity (Wildman–Crippen MR) is 80.2 cm³/mol. The largest absolute Gasteiger partial charge is 0.485 e. The number of halogens is 4. The first kappa shape index (κ1) is 14.4. The van der Waals surface area contributed by atoms with Crippen molar-refractivity contribution in [3.63, 3.8) is 0 Å². The van der Waals surface area contributed by atoms with E-state index in [1.54, 1.807) is 12.1 Å². The molecule has 18 heavy (non-hydrogen) atoms. The van der Waals surface area contributed by atoms with Gasteiger partial charge in [-0.05, 0) is 22.0 Å². The van der Waals surface area contributed by atoms with Crippen LogP contribution in [-0.2, 0) is 12.5 Å². The lowest BCUT2D eigenvalue weighted by atomic mass is 10.3. The van der Waals surface area contributed by atoms with E-state index in [0.717, 1.165) is 15.2 Å². The molecule has 0 aliphatic heterocycles. The van der Waals surface area contributed by atoms with Gasteiger partial charge in [0.15, 0.2) is 0 Å². The fourth-order valence-electron chi connectivity index (χ4n) is 1.23. The van der Waals surface area contributed by atoms with E-state index in [0.29, 0.717) is 28.3 Å². The average Bonchev–Trinajstić information content (AvgIpc) is 2.80. The first-order valence-electron chi connectivity index (χ1n) is 4.86. The zero-order chi connectivity index (χ0) is 13.1. The Morgan fingerprint density at radius 3 is 2.72 bits per heavy atom. The molecule has 0 aliphatic carbocycles. The minimum Gasteiger partial charge on any atom is -0.485 e. The molecule has 0 saturated heterocycles. The highest BCUT2D eigenvalue weighted by Gasteiger charge is 2.08. The molecule has 2 nitrogen and oxygen atoms in total. The molecule has 0 spiro atoms. The molecule has 2 aromatic rings. The number of benzene rings is 1. The Kier molecular flexibility index (Phi) is 5.15. The van der Waals surface area contributed by atoms with Crippen LogP contribution >= 0.6 is 62.1 Å². The molecule has 1 aromatic carbocycles. The van der Waals surface area contributed by atoms with Crippen LogP contribution in [0.4, 0.5) is 0 Å². The summed E-state index contributed by atoms with van der Waals surface area (Å²) < 4.78 is 6.32. The number of ether oxygens (including phenoxy) is 1. The lowest BCUT2D eigenvalue weighted by Crippen LogP contribution is -1.96.